The third kappa shape index (κ3) is 5.55. The number of nitrogens with zero attached hydrogens (tertiary/aromatic N) is 2. The van der Waals surface area contributed by atoms with Gasteiger partial charge in [0.1, 0.15) is 5.84 Å². The second-order valence-corrected chi connectivity index (χ2v) is 8.16. The highest BCUT2D eigenvalue weighted by Crippen LogP contribution is 2.29. The van der Waals surface area contributed by atoms with Gasteiger partial charge in [0.05, 0.1) is 30.4 Å². The minimum Gasteiger partial charge on any atom is -0.332 e. The first-order chi connectivity index (χ1) is 15.1. The van der Waals surface area contributed by atoms with Gasteiger partial charge >= 0.3 is 6.18 Å². The maximum Gasteiger partial charge on any atom is 0.416 e. The number of carbonyl (C=O) groups is 1. The predicted molar refractivity (Wildman–Crippen MR) is 118 cm³/mol. The monoisotopic (exact) mass is 444 g/mol. The Bertz CT molecular complexity index is 984. The lowest BCUT2D eigenvalue weighted by molar-refractivity contribution is -0.137. The van der Waals surface area contributed by atoms with Gasteiger partial charge in [-0.25, -0.2) is 0 Å². The number of hydrogen-bond donors (Lipinski definition) is 2. The van der Waals surface area contributed by atoms with E-state index in [1.54, 1.807) is 16.7 Å². The summed E-state index contributed by atoms with van der Waals surface area (Å²) in [4.78, 5) is 16.1. The molecule has 170 valence electrons. The molecule has 1 atom stereocenters. The summed E-state index contributed by atoms with van der Waals surface area (Å²) >= 11 is 0. The van der Waals surface area contributed by atoms with Gasteiger partial charge in [-0.1, -0.05) is 42.0 Å². The molecule has 0 saturated carbocycles. The smallest absolute Gasteiger partial charge is 0.332 e. The number of halogens is 3. The van der Waals surface area contributed by atoms with Gasteiger partial charge in [0.25, 0.3) is 0 Å². The van der Waals surface area contributed by atoms with Crippen LogP contribution >= 0.6 is 0 Å². The van der Waals surface area contributed by atoms with Gasteiger partial charge in [-0.3, -0.25) is 15.6 Å². The summed E-state index contributed by atoms with van der Waals surface area (Å²) in [5.74, 6) is 0.184. The van der Waals surface area contributed by atoms with Gasteiger partial charge in [0.15, 0.2) is 0 Å². The molecular formula is C24H27F3N4O. The van der Waals surface area contributed by atoms with Crippen LogP contribution in [0, 0.1) is 17.7 Å². The third-order valence-electron chi connectivity index (χ3n) is 5.68. The van der Waals surface area contributed by atoms with Gasteiger partial charge in [0, 0.05) is 6.54 Å². The highest BCUT2D eigenvalue weighted by atomic mass is 19.4. The van der Waals surface area contributed by atoms with Crippen LogP contribution in [0.1, 0.15) is 42.0 Å². The van der Waals surface area contributed by atoms with Crippen LogP contribution in [0.2, 0.25) is 0 Å². The van der Waals surface area contributed by atoms with Crippen molar-refractivity contribution in [1.82, 2.24) is 9.80 Å². The van der Waals surface area contributed by atoms with Crippen LogP contribution in [0.5, 0.6) is 0 Å². The molecule has 0 spiro atoms. The van der Waals surface area contributed by atoms with E-state index in [1.807, 2.05) is 31.2 Å². The number of benzene rings is 2. The summed E-state index contributed by atoms with van der Waals surface area (Å²) in [6.07, 6.45) is -3.08. The van der Waals surface area contributed by atoms with Crippen LogP contribution in [0.4, 0.5) is 13.2 Å². The molecule has 1 amide bonds. The molecule has 1 aliphatic rings. The molecule has 2 aromatic carbocycles. The summed E-state index contributed by atoms with van der Waals surface area (Å²) in [5, 5.41) is 16.9. The summed E-state index contributed by atoms with van der Waals surface area (Å²) in [5.41, 5.74) is 1.84. The molecular weight excluding hydrogens is 417 g/mol. The average Bonchev–Trinajstić information content (AvgIpc) is 3.22. The lowest BCUT2D eigenvalue weighted by Crippen LogP contribution is -2.48. The van der Waals surface area contributed by atoms with E-state index in [0.29, 0.717) is 25.1 Å². The number of rotatable bonds is 5. The van der Waals surface area contributed by atoms with Crippen LogP contribution < -0.4 is 0 Å². The normalized spacial score (nSPS) is 16.2. The zero-order valence-electron chi connectivity index (χ0n) is 18.2. The van der Waals surface area contributed by atoms with Crippen molar-refractivity contribution in [1.29, 1.82) is 10.8 Å². The predicted octanol–water partition coefficient (Wildman–Crippen LogP) is 5.02. The molecule has 8 heteroatoms. The first-order valence-corrected chi connectivity index (χ1v) is 10.5. The maximum absolute atomic E-state index is 12.9. The number of alkyl halides is 3. The fourth-order valence-electron chi connectivity index (χ4n) is 3.88. The Kier molecular flexibility index (Phi) is 7.01. The lowest BCUT2D eigenvalue weighted by Gasteiger charge is -2.32. The average molecular weight is 445 g/mol. The van der Waals surface area contributed by atoms with E-state index in [-0.39, 0.29) is 24.0 Å². The molecule has 3 rings (SSSR count). The number of aryl methyl sites for hydroxylation is 1. The molecule has 1 unspecified atom stereocenters. The Labute approximate surface area is 185 Å². The molecule has 1 aliphatic heterocycles. The van der Waals surface area contributed by atoms with Crippen molar-refractivity contribution in [3.63, 3.8) is 0 Å². The van der Waals surface area contributed by atoms with Gasteiger partial charge < -0.3 is 9.80 Å². The van der Waals surface area contributed by atoms with Crippen molar-refractivity contribution in [3.05, 3.63) is 70.8 Å². The fraction of sp³-hybridized carbons (Fsp3) is 0.375. The topological polar surface area (TPSA) is 71.2 Å². The molecule has 0 aliphatic carbocycles. The zero-order valence-corrected chi connectivity index (χ0v) is 18.2. The van der Waals surface area contributed by atoms with Crippen molar-refractivity contribution in [3.8, 4) is 0 Å². The summed E-state index contributed by atoms with van der Waals surface area (Å²) in [7, 11) is 0. The standard InChI is InChI=1S/C24H27F3N4O/c1-16-5-7-19(8-6-16)15-31(17(2)28)23(29)21-4-3-13-30(21)22(32)14-18-9-11-20(12-10-18)24(25,26)27/h5-12,21,28-29H,3-4,13-15H2,1-2H3. The largest absolute Gasteiger partial charge is 0.416 e. The van der Waals surface area contributed by atoms with Crippen molar-refractivity contribution in [2.45, 2.75) is 51.9 Å². The SMILES string of the molecule is CC(=N)N(Cc1ccc(C)cc1)C(=N)C1CCCN1C(=O)Cc1ccc(C(F)(F)F)cc1. The molecule has 2 aromatic rings. The molecule has 1 heterocycles. The van der Waals surface area contributed by atoms with E-state index in [1.165, 1.54) is 12.1 Å². The molecule has 0 aromatic heterocycles. The second kappa shape index (κ2) is 9.54. The number of amides is 1. The van der Waals surface area contributed by atoms with Crippen molar-refractivity contribution >= 4 is 17.6 Å². The minimum absolute atomic E-state index is 0.0244. The number of hydrogen-bond acceptors (Lipinski definition) is 3. The first kappa shape index (κ1) is 23.5. The van der Waals surface area contributed by atoms with Crippen LogP contribution in [0.3, 0.4) is 0 Å². The quantitative estimate of drug-likeness (QED) is 0.502. The van der Waals surface area contributed by atoms with Gasteiger partial charge in [-0.2, -0.15) is 13.2 Å². The molecule has 1 saturated heterocycles. The summed E-state index contributed by atoms with van der Waals surface area (Å²) in [6, 6.07) is 12.0. The summed E-state index contributed by atoms with van der Waals surface area (Å²) in [6.45, 7) is 4.46. The Morgan fingerprint density at radius 1 is 1.06 bits per heavy atom. The highest BCUT2D eigenvalue weighted by Gasteiger charge is 2.35. The van der Waals surface area contributed by atoms with Crippen molar-refractivity contribution < 1.29 is 18.0 Å². The highest BCUT2D eigenvalue weighted by molar-refractivity contribution is 6.01. The van der Waals surface area contributed by atoms with Crippen LogP contribution in [-0.2, 0) is 23.9 Å². The molecule has 1 fully saturated rings. The number of nitrogens with one attached hydrogen (secondary N) is 2. The van der Waals surface area contributed by atoms with Crippen LogP contribution in [0.25, 0.3) is 0 Å². The second-order valence-electron chi connectivity index (χ2n) is 8.16. The third-order valence-corrected chi connectivity index (χ3v) is 5.68. The van der Waals surface area contributed by atoms with E-state index >= 15 is 0 Å². The van der Waals surface area contributed by atoms with E-state index in [0.717, 1.165) is 29.7 Å². The minimum atomic E-state index is -4.41. The Balaban J connectivity index is 1.71. The molecule has 5 nitrogen and oxygen atoms in total. The van der Waals surface area contributed by atoms with Crippen molar-refractivity contribution in [2.24, 2.45) is 0 Å². The molecule has 32 heavy (non-hydrogen) atoms. The van der Waals surface area contributed by atoms with Crippen LogP contribution in [0.15, 0.2) is 48.5 Å². The zero-order chi connectivity index (χ0) is 23.5. The number of likely N-dealkylation sites (tertiary alicyclic amines) is 1. The summed E-state index contributed by atoms with van der Waals surface area (Å²) < 4.78 is 38.3. The van der Waals surface area contributed by atoms with E-state index in [2.05, 4.69) is 0 Å². The Morgan fingerprint density at radius 2 is 1.66 bits per heavy atom. The lowest BCUT2D eigenvalue weighted by atomic mass is 10.1. The van der Waals surface area contributed by atoms with E-state index < -0.39 is 17.8 Å². The van der Waals surface area contributed by atoms with E-state index in [9.17, 15) is 18.0 Å². The van der Waals surface area contributed by atoms with Crippen molar-refractivity contribution in [2.75, 3.05) is 6.54 Å². The Hall–Kier alpha value is -3.16. The molecule has 0 bridgehead atoms. The Morgan fingerprint density at radius 3 is 2.22 bits per heavy atom. The van der Waals surface area contributed by atoms with Gasteiger partial charge in [-0.05, 0) is 49.9 Å². The fourth-order valence-corrected chi connectivity index (χ4v) is 3.88. The number of amidine groups is 2. The maximum atomic E-state index is 12.9. The van der Waals surface area contributed by atoms with Gasteiger partial charge in [-0.15, -0.1) is 0 Å². The van der Waals surface area contributed by atoms with E-state index in [4.69, 9.17) is 10.8 Å². The number of carbonyl (C=O) groups excluding carboxylic acids is 1. The molecule has 2 N–H and O–H groups in total. The molecule has 0 radical (unpaired) electrons. The first-order valence-electron chi connectivity index (χ1n) is 10.5. The van der Waals surface area contributed by atoms with Crippen LogP contribution in [-0.4, -0.2) is 40.0 Å². The van der Waals surface area contributed by atoms with Gasteiger partial charge in [0.2, 0.25) is 5.91 Å².